The Balaban J connectivity index is 1.98. The molecule has 21 heavy (non-hydrogen) atoms. The van der Waals surface area contributed by atoms with Crippen molar-refractivity contribution in [2.24, 2.45) is 0 Å². The molecule has 1 amide bonds. The number of thiophene rings is 1. The van der Waals surface area contributed by atoms with Crippen LogP contribution in [0.1, 0.15) is 34.0 Å². The van der Waals surface area contributed by atoms with Crippen LogP contribution in [0.2, 0.25) is 0 Å². The van der Waals surface area contributed by atoms with Gasteiger partial charge >= 0.3 is 5.97 Å². The van der Waals surface area contributed by atoms with E-state index in [2.05, 4.69) is 6.92 Å². The first-order chi connectivity index (χ1) is 9.93. The van der Waals surface area contributed by atoms with Gasteiger partial charge in [0.1, 0.15) is 6.04 Å². The molecule has 1 atom stereocenters. The Morgan fingerprint density at radius 2 is 1.95 bits per heavy atom. The number of piperazine rings is 1. The summed E-state index contributed by atoms with van der Waals surface area (Å²) in [5.41, 5.74) is 1.18. The van der Waals surface area contributed by atoms with Gasteiger partial charge in [0.05, 0.1) is 4.88 Å². The van der Waals surface area contributed by atoms with Crippen molar-refractivity contribution in [1.29, 1.82) is 0 Å². The van der Waals surface area contributed by atoms with Crippen LogP contribution in [-0.4, -0.2) is 59.0 Å². The smallest absolute Gasteiger partial charge is 0.320 e. The number of hydrogen-bond donors (Lipinski definition) is 1. The number of carbonyl (C=O) groups is 2. The second-order valence-electron chi connectivity index (χ2n) is 5.41. The van der Waals surface area contributed by atoms with Gasteiger partial charge in [-0.1, -0.05) is 6.92 Å². The van der Waals surface area contributed by atoms with E-state index in [1.807, 2.05) is 22.8 Å². The second-order valence-corrected chi connectivity index (χ2v) is 6.55. The fourth-order valence-electron chi connectivity index (χ4n) is 2.60. The minimum atomic E-state index is -0.809. The summed E-state index contributed by atoms with van der Waals surface area (Å²) >= 11 is 1.57. The molecule has 116 valence electrons. The number of carboxylic acid groups (broad SMARTS) is 1. The van der Waals surface area contributed by atoms with Gasteiger partial charge in [0.15, 0.2) is 0 Å². The van der Waals surface area contributed by atoms with Gasteiger partial charge in [0.2, 0.25) is 0 Å². The van der Waals surface area contributed by atoms with Crippen molar-refractivity contribution in [1.82, 2.24) is 9.80 Å². The lowest BCUT2D eigenvalue weighted by Gasteiger charge is -2.36. The number of carboxylic acids is 1. The molecule has 1 saturated heterocycles. The monoisotopic (exact) mass is 310 g/mol. The van der Waals surface area contributed by atoms with Gasteiger partial charge < -0.3 is 10.0 Å². The fraction of sp³-hybridized carbons (Fsp3) is 0.600. The molecule has 1 aromatic rings. The molecule has 0 saturated carbocycles. The largest absolute Gasteiger partial charge is 0.480 e. The van der Waals surface area contributed by atoms with E-state index in [1.54, 1.807) is 18.3 Å². The Kier molecular flexibility index (Phi) is 5.00. The van der Waals surface area contributed by atoms with Gasteiger partial charge in [-0.2, -0.15) is 0 Å². The summed E-state index contributed by atoms with van der Waals surface area (Å²) in [5.74, 6) is -0.735. The topological polar surface area (TPSA) is 60.9 Å². The zero-order chi connectivity index (χ0) is 15.6. The summed E-state index contributed by atoms with van der Waals surface area (Å²) in [7, 11) is 0. The molecule has 6 heteroatoms. The third kappa shape index (κ3) is 3.44. The summed E-state index contributed by atoms with van der Waals surface area (Å²) in [6.45, 7) is 8.24. The lowest BCUT2D eigenvalue weighted by molar-refractivity contribution is -0.143. The van der Waals surface area contributed by atoms with Gasteiger partial charge in [-0.25, -0.2) is 0 Å². The summed E-state index contributed by atoms with van der Waals surface area (Å²) in [5, 5.41) is 9.03. The Morgan fingerprint density at radius 3 is 2.43 bits per heavy atom. The highest BCUT2D eigenvalue weighted by Gasteiger charge is 2.28. The second kappa shape index (κ2) is 6.58. The van der Waals surface area contributed by atoms with Crippen molar-refractivity contribution >= 4 is 23.2 Å². The summed E-state index contributed by atoms with van der Waals surface area (Å²) in [6.07, 6.45) is 0.952. The van der Waals surface area contributed by atoms with Gasteiger partial charge in [-0.15, -0.1) is 11.3 Å². The van der Waals surface area contributed by atoms with Crippen LogP contribution in [0.15, 0.2) is 6.07 Å². The maximum absolute atomic E-state index is 12.5. The van der Waals surface area contributed by atoms with Crippen LogP contribution < -0.4 is 0 Å². The van der Waals surface area contributed by atoms with Crippen molar-refractivity contribution in [3.8, 4) is 0 Å². The third-order valence-corrected chi connectivity index (χ3v) is 5.43. The molecule has 1 unspecified atom stereocenters. The molecule has 0 aliphatic carbocycles. The summed E-state index contributed by atoms with van der Waals surface area (Å²) < 4.78 is 0. The highest BCUT2D eigenvalue weighted by atomic mass is 32.1. The van der Waals surface area contributed by atoms with E-state index in [1.165, 1.54) is 10.4 Å². The Bertz CT molecular complexity index is 533. The number of carbonyl (C=O) groups excluding carboxylic acids is 1. The van der Waals surface area contributed by atoms with Crippen molar-refractivity contribution in [3.05, 3.63) is 21.4 Å². The minimum absolute atomic E-state index is 0.0745. The van der Waals surface area contributed by atoms with Crippen LogP contribution in [0.25, 0.3) is 0 Å². The molecule has 1 aliphatic rings. The number of aliphatic carboxylic acids is 1. The first-order valence-corrected chi connectivity index (χ1v) is 8.11. The van der Waals surface area contributed by atoms with E-state index in [0.717, 1.165) is 11.3 Å². The van der Waals surface area contributed by atoms with Crippen molar-refractivity contribution in [2.75, 3.05) is 26.2 Å². The van der Waals surface area contributed by atoms with Crippen molar-refractivity contribution in [2.45, 2.75) is 33.2 Å². The number of nitrogens with zero attached hydrogens (tertiary/aromatic N) is 2. The van der Waals surface area contributed by atoms with E-state index in [0.29, 0.717) is 26.2 Å². The molecule has 0 radical (unpaired) electrons. The fourth-order valence-corrected chi connectivity index (χ4v) is 3.68. The van der Waals surface area contributed by atoms with E-state index in [-0.39, 0.29) is 5.91 Å². The third-order valence-electron chi connectivity index (χ3n) is 4.06. The predicted molar refractivity (Wildman–Crippen MR) is 83.0 cm³/mol. The first-order valence-electron chi connectivity index (χ1n) is 7.29. The molecule has 1 aliphatic heterocycles. The average molecular weight is 310 g/mol. The van der Waals surface area contributed by atoms with Gasteiger partial charge in [-0.3, -0.25) is 14.5 Å². The number of hydrogen-bond acceptors (Lipinski definition) is 4. The van der Waals surface area contributed by atoms with Gasteiger partial charge in [0.25, 0.3) is 5.91 Å². The SMILES string of the molecule is CCc1sc(C(=O)N2CCN(C(C)C(=O)O)CC2)cc1C. The molecule has 2 heterocycles. The van der Waals surface area contributed by atoms with Gasteiger partial charge in [-0.05, 0) is 31.9 Å². The molecule has 0 bridgehead atoms. The normalized spacial score (nSPS) is 17.8. The number of aryl methyl sites for hydroxylation is 2. The zero-order valence-electron chi connectivity index (χ0n) is 12.8. The van der Waals surface area contributed by atoms with Crippen LogP contribution in [-0.2, 0) is 11.2 Å². The molecule has 5 nitrogen and oxygen atoms in total. The van der Waals surface area contributed by atoms with Crippen molar-refractivity contribution < 1.29 is 14.7 Å². The zero-order valence-corrected chi connectivity index (χ0v) is 13.6. The standard InChI is InChI=1S/C15H22N2O3S/c1-4-12-10(2)9-13(21-12)14(18)17-7-5-16(6-8-17)11(3)15(19)20/h9,11H,4-8H2,1-3H3,(H,19,20). The first kappa shape index (κ1) is 16.0. The summed E-state index contributed by atoms with van der Waals surface area (Å²) in [6, 6.07) is 1.48. The Labute approximate surface area is 129 Å². The maximum atomic E-state index is 12.5. The lowest BCUT2D eigenvalue weighted by atomic mass is 10.2. The Hall–Kier alpha value is -1.40. The highest BCUT2D eigenvalue weighted by Crippen LogP contribution is 2.24. The van der Waals surface area contributed by atoms with E-state index in [9.17, 15) is 9.59 Å². The van der Waals surface area contributed by atoms with E-state index >= 15 is 0 Å². The van der Waals surface area contributed by atoms with Crippen LogP contribution in [0.4, 0.5) is 0 Å². The number of rotatable bonds is 4. The molecule has 0 spiro atoms. The lowest BCUT2D eigenvalue weighted by Crippen LogP contribution is -2.53. The molecule has 1 fully saturated rings. The van der Waals surface area contributed by atoms with Crippen LogP contribution >= 0.6 is 11.3 Å². The number of amides is 1. The van der Waals surface area contributed by atoms with Gasteiger partial charge in [0, 0.05) is 31.1 Å². The van der Waals surface area contributed by atoms with E-state index < -0.39 is 12.0 Å². The van der Waals surface area contributed by atoms with Crippen LogP contribution in [0.5, 0.6) is 0 Å². The molecule has 1 aromatic heterocycles. The van der Waals surface area contributed by atoms with E-state index in [4.69, 9.17) is 5.11 Å². The van der Waals surface area contributed by atoms with Crippen molar-refractivity contribution in [3.63, 3.8) is 0 Å². The minimum Gasteiger partial charge on any atom is -0.480 e. The molecule has 0 aromatic carbocycles. The average Bonchev–Trinajstić information content (AvgIpc) is 2.87. The molecule has 2 rings (SSSR count). The molecular formula is C15H22N2O3S. The quantitative estimate of drug-likeness (QED) is 0.922. The summed E-state index contributed by atoms with van der Waals surface area (Å²) in [4.78, 5) is 29.3. The highest BCUT2D eigenvalue weighted by molar-refractivity contribution is 7.14. The Morgan fingerprint density at radius 1 is 1.33 bits per heavy atom. The van der Waals surface area contributed by atoms with Crippen LogP contribution in [0.3, 0.4) is 0 Å². The predicted octanol–water partition coefficient (Wildman–Crippen LogP) is 1.85. The maximum Gasteiger partial charge on any atom is 0.320 e. The van der Waals surface area contributed by atoms with Crippen LogP contribution in [0, 0.1) is 6.92 Å². The molecule has 1 N–H and O–H groups in total. The molecular weight excluding hydrogens is 288 g/mol.